The zero-order chi connectivity index (χ0) is 14.9. The van der Waals surface area contributed by atoms with Crippen molar-refractivity contribution in [2.75, 3.05) is 6.54 Å². The molecule has 3 heterocycles. The third kappa shape index (κ3) is 2.43. The maximum Gasteiger partial charge on any atom is 0.0856 e. The van der Waals surface area contributed by atoms with Gasteiger partial charge < -0.3 is 10.4 Å². The van der Waals surface area contributed by atoms with E-state index in [1.165, 1.54) is 22.3 Å². The van der Waals surface area contributed by atoms with Crippen LogP contribution >= 0.6 is 0 Å². The smallest absolute Gasteiger partial charge is 0.0856 e. The first-order valence-electron chi connectivity index (χ1n) is 7.95. The molecule has 0 saturated carbocycles. The summed E-state index contributed by atoms with van der Waals surface area (Å²) in [6.45, 7) is 4.77. The highest BCUT2D eigenvalue weighted by Gasteiger charge is 2.26. The summed E-state index contributed by atoms with van der Waals surface area (Å²) in [5, 5.41) is 13.0. The number of aromatic nitrogens is 1. The van der Waals surface area contributed by atoms with E-state index >= 15 is 0 Å². The van der Waals surface area contributed by atoms with Crippen molar-refractivity contribution >= 4 is 0 Å². The number of nitrogens with one attached hydrogen (secondary N) is 1. The molecular formula is C18H21N3O. The SMILES string of the molecule is OCc1nc2c(c3c1CCN(Cc1ccccc1)C3)CNC2. The Morgan fingerprint density at radius 3 is 2.77 bits per heavy atom. The third-order valence-electron chi connectivity index (χ3n) is 4.75. The minimum atomic E-state index is 0.0499. The molecule has 4 rings (SSSR count). The molecule has 22 heavy (non-hydrogen) atoms. The molecule has 2 aliphatic rings. The molecule has 0 fully saturated rings. The van der Waals surface area contributed by atoms with Gasteiger partial charge in [0.1, 0.15) is 0 Å². The molecule has 1 aromatic heterocycles. The van der Waals surface area contributed by atoms with Crippen molar-refractivity contribution in [3.63, 3.8) is 0 Å². The van der Waals surface area contributed by atoms with E-state index in [0.29, 0.717) is 0 Å². The van der Waals surface area contributed by atoms with Gasteiger partial charge in [-0.25, -0.2) is 0 Å². The predicted octanol–water partition coefficient (Wildman–Crippen LogP) is 1.74. The summed E-state index contributed by atoms with van der Waals surface area (Å²) in [5.74, 6) is 0. The number of hydrogen-bond donors (Lipinski definition) is 2. The lowest BCUT2D eigenvalue weighted by Gasteiger charge is -2.31. The summed E-state index contributed by atoms with van der Waals surface area (Å²) in [6.07, 6.45) is 0.984. The lowest BCUT2D eigenvalue weighted by molar-refractivity contribution is 0.237. The van der Waals surface area contributed by atoms with Gasteiger partial charge in [-0.3, -0.25) is 9.88 Å². The summed E-state index contributed by atoms with van der Waals surface area (Å²) in [5.41, 5.74) is 7.43. The van der Waals surface area contributed by atoms with Crippen molar-refractivity contribution in [1.29, 1.82) is 0 Å². The summed E-state index contributed by atoms with van der Waals surface area (Å²) in [6, 6.07) is 10.6. The Kier molecular flexibility index (Phi) is 3.66. The molecule has 0 saturated heterocycles. The van der Waals surface area contributed by atoms with Crippen molar-refractivity contribution in [3.8, 4) is 0 Å². The fourth-order valence-electron chi connectivity index (χ4n) is 3.66. The standard InChI is InChI=1S/C18H21N3O/c22-12-18-14-6-7-21(10-13-4-2-1-3-5-13)11-16(14)15-8-19-9-17(15)20-18/h1-5,19,22H,6-12H2. The molecule has 2 N–H and O–H groups in total. The van der Waals surface area contributed by atoms with Crippen molar-refractivity contribution in [2.24, 2.45) is 0 Å². The van der Waals surface area contributed by atoms with Gasteiger partial charge in [-0.05, 0) is 28.7 Å². The molecule has 0 aliphatic carbocycles. The summed E-state index contributed by atoms with van der Waals surface area (Å²) in [7, 11) is 0. The first-order valence-corrected chi connectivity index (χ1v) is 7.95. The van der Waals surface area contributed by atoms with Crippen LogP contribution in [0.3, 0.4) is 0 Å². The molecule has 4 nitrogen and oxygen atoms in total. The maximum absolute atomic E-state index is 9.63. The average molecular weight is 295 g/mol. The first kappa shape index (κ1) is 13.9. The fourth-order valence-corrected chi connectivity index (χ4v) is 3.66. The van der Waals surface area contributed by atoms with Crippen LogP contribution in [0.25, 0.3) is 0 Å². The topological polar surface area (TPSA) is 48.4 Å². The monoisotopic (exact) mass is 295 g/mol. The Balaban J connectivity index is 1.64. The van der Waals surface area contributed by atoms with Gasteiger partial charge in [0.25, 0.3) is 0 Å². The zero-order valence-electron chi connectivity index (χ0n) is 12.7. The highest BCUT2D eigenvalue weighted by atomic mass is 16.3. The molecule has 2 aromatic rings. The van der Waals surface area contributed by atoms with Crippen molar-refractivity contribution < 1.29 is 5.11 Å². The normalized spacial score (nSPS) is 17.3. The number of benzene rings is 1. The van der Waals surface area contributed by atoms with Gasteiger partial charge in [0.05, 0.1) is 18.0 Å². The van der Waals surface area contributed by atoms with Crippen LogP contribution in [0.2, 0.25) is 0 Å². The van der Waals surface area contributed by atoms with Crippen LogP contribution in [0.4, 0.5) is 0 Å². The van der Waals surface area contributed by atoms with E-state index in [4.69, 9.17) is 0 Å². The van der Waals surface area contributed by atoms with Gasteiger partial charge in [-0.1, -0.05) is 30.3 Å². The third-order valence-corrected chi connectivity index (χ3v) is 4.75. The quantitative estimate of drug-likeness (QED) is 0.905. The van der Waals surface area contributed by atoms with Crippen LogP contribution in [0.5, 0.6) is 0 Å². The Hall–Kier alpha value is -1.75. The summed E-state index contributed by atoms with van der Waals surface area (Å²) < 4.78 is 0. The van der Waals surface area contributed by atoms with E-state index < -0.39 is 0 Å². The number of pyridine rings is 1. The van der Waals surface area contributed by atoms with E-state index in [9.17, 15) is 5.11 Å². The molecule has 0 amide bonds. The molecule has 4 heteroatoms. The van der Waals surface area contributed by atoms with Gasteiger partial charge >= 0.3 is 0 Å². The number of hydrogen-bond acceptors (Lipinski definition) is 4. The van der Waals surface area contributed by atoms with Crippen LogP contribution in [-0.4, -0.2) is 21.5 Å². The molecule has 0 bridgehead atoms. The Labute approximate surface area is 130 Å². The van der Waals surface area contributed by atoms with Crippen molar-refractivity contribution in [2.45, 2.75) is 39.2 Å². The van der Waals surface area contributed by atoms with E-state index in [1.54, 1.807) is 0 Å². The first-order chi connectivity index (χ1) is 10.8. The van der Waals surface area contributed by atoms with E-state index in [2.05, 4.69) is 45.5 Å². The van der Waals surface area contributed by atoms with Gasteiger partial charge in [0.15, 0.2) is 0 Å². The number of rotatable bonds is 3. The second kappa shape index (κ2) is 5.80. The molecular weight excluding hydrogens is 274 g/mol. The number of aliphatic hydroxyl groups is 1. The number of aliphatic hydroxyl groups excluding tert-OH is 1. The predicted molar refractivity (Wildman–Crippen MR) is 85.0 cm³/mol. The van der Waals surface area contributed by atoms with Crippen LogP contribution in [-0.2, 0) is 39.2 Å². The van der Waals surface area contributed by atoms with E-state index in [0.717, 1.165) is 50.5 Å². The number of nitrogens with zero attached hydrogens (tertiary/aromatic N) is 2. The zero-order valence-corrected chi connectivity index (χ0v) is 12.7. The van der Waals surface area contributed by atoms with Gasteiger partial charge in [-0.15, -0.1) is 0 Å². The molecule has 0 atom stereocenters. The van der Waals surface area contributed by atoms with Crippen LogP contribution in [0.15, 0.2) is 30.3 Å². The minimum Gasteiger partial charge on any atom is -0.390 e. The van der Waals surface area contributed by atoms with Crippen molar-refractivity contribution in [1.82, 2.24) is 15.2 Å². The van der Waals surface area contributed by atoms with Gasteiger partial charge in [0, 0.05) is 32.7 Å². The molecule has 0 spiro atoms. The largest absolute Gasteiger partial charge is 0.390 e. The fraction of sp³-hybridized carbons (Fsp3) is 0.389. The maximum atomic E-state index is 9.63. The summed E-state index contributed by atoms with van der Waals surface area (Å²) >= 11 is 0. The summed E-state index contributed by atoms with van der Waals surface area (Å²) in [4.78, 5) is 7.16. The Morgan fingerprint density at radius 2 is 1.95 bits per heavy atom. The van der Waals surface area contributed by atoms with Gasteiger partial charge in [-0.2, -0.15) is 0 Å². The highest BCUT2D eigenvalue weighted by molar-refractivity contribution is 5.43. The second-order valence-electron chi connectivity index (χ2n) is 6.15. The Morgan fingerprint density at radius 1 is 1.09 bits per heavy atom. The molecule has 0 unspecified atom stereocenters. The lowest BCUT2D eigenvalue weighted by Crippen LogP contribution is -2.32. The molecule has 114 valence electrons. The highest BCUT2D eigenvalue weighted by Crippen LogP contribution is 2.30. The van der Waals surface area contributed by atoms with Crippen LogP contribution < -0.4 is 5.32 Å². The van der Waals surface area contributed by atoms with E-state index in [-0.39, 0.29) is 6.61 Å². The Bertz CT molecular complexity index is 684. The average Bonchev–Trinajstić information content (AvgIpc) is 3.03. The van der Waals surface area contributed by atoms with Gasteiger partial charge in [0.2, 0.25) is 0 Å². The molecule has 0 radical (unpaired) electrons. The van der Waals surface area contributed by atoms with Crippen LogP contribution in [0.1, 0.15) is 33.6 Å². The van der Waals surface area contributed by atoms with Crippen molar-refractivity contribution in [3.05, 3.63) is 64.0 Å². The minimum absolute atomic E-state index is 0.0499. The molecule has 2 aliphatic heterocycles. The number of fused-ring (bicyclic) bond motifs is 3. The lowest BCUT2D eigenvalue weighted by atomic mass is 9.93. The second-order valence-corrected chi connectivity index (χ2v) is 6.15. The van der Waals surface area contributed by atoms with E-state index in [1.807, 2.05) is 0 Å². The van der Waals surface area contributed by atoms with Crippen LogP contribution in [0, 0.1) is 0 Å². The molecule has 1 aromatic carbocycles.